The summed E-state index contributed by atoms with van der Waals surface area (Å²) in [5.41, 5.74) is 2.94. The molecular formula is C90H192. The standard InChI is InChI=1S/6C7H16.C6H10.6C6H12.C6H14/c1-6(2)5-7(3)4;1-5-6-7(2,3)4;1-5-7(4)6(2)3;2*1-4-5-6-7(2)3;1-3-5-7-6-4-2;1-5-4-6(5)2-3-6;1-5-4-6(5,2)3;1-5-3-6(2)4-5;1-6(2)4-3-5-6;1-5-3-4-6(5)2;1-6-4-2-3-5-6;1-2-6-4-3-5-6;1-4-5-6(2)3/h6-7H,5H2,1-4H3;5-6H2,1-4H3;6-7H,5H2,1-4H3;2*7H,4-6H2,1-3H3;3-7H2,1-2H3;5H,2-4H2,1H3;5H,4H2,1-3H3;5-6H,3-4H2,1-2H3;3-5H2,1-2H3;5-6H,3-4H2,1-2H3;2*6H,2-5H2,1H3;6H,4-5H2,1-3H3/t;;7-;;;;5-;;;;5-,6?;;;/m..0...0...1.../s1. The molecule has 2 unspecified atom stereocenters. The molecular weight excluding hydrogens is 1080 g/mol. The van der Waals surface area contributed by atoms with Crippen LogP contribution in [0.3, 0.4) is 0 Å². The van der Waals surface area contributed by atoms with Crippen LogP contribution in [0.15, 0.2) is 0 Å². The Bertz CT molecular complexity index is 1290. The van der Waals surface area contributed by atoms with Crippen molar-refractivity contribution < 1.29 is 0 Å². The fourth-order valence-electron chi connectivity index (χ4n) is 11.8. The van der Waals surface area contributed by atoms with Crippen molar-refractivity contribution in [2.24, 2.45) is 110 Å². The summed E-state index contributed by atoms with van der Waals surface area (Å²) in [4.78, 5) is 0. The second-order valence-electron chi connectivity index (χ2n) is 37.2. The van der Waals surface area contributed by atoms with Crippen molar-refractivity contribution in [3.8, 4) is 0 Å². The summed E-state index contributed by atoms with van der Waals surface area (Å²) in [5.74, 6) is 14.6. The lowest BCUT2D eigenvalue weighted by molar-refractivity contribution is 0.190. The van der Waals surface area contributed by atoms with Crippen LogP contribution in [0.25, 0.3) is 0 Å². The Hall–Kier alpha value is 0. The van der Waals surface area contributed by atoms with Crippen molar-refractivity contribution in [2.45, 2.75) is 473 Å². The summed E-state index contributed by atoms with van der Waals surface area (Å²) in [5, 5.41) is 0. The van der Waals surface area contributed by atoms with E-state index in [1.807, 2.05) is 0 Å². The molecule has 0 N–H and O–H groups in total. The van der Waals surface area contributed by atoms with Crippen LogP contribution in [0.1, 0.15) is 473 Å². The van der Waals surface area contributed by atoms with Gasteiger partial charge in [0.05, 0.1) is 0 Å². The average Bonchev–Trinajstić information content (AvgIpc) is 1.57. The van der Waals surface area contributed by atoms with E-state index >= 15 is 0 Å². The van der Waals surface area contributed by atoms with Crippen LogP contribution < -0.4 is 0 Å². The first kappa shape index (κ1) is 101. The third-order valence-corrected chi connectivity index (χ3v) is 21.4. The predicted molar refractivity (Wildman–Crippen MR) is 427 cm³/mol. The number of hydrogen-bond acceptors (Lipinski definition) is 0. The van der Waals surface area contributed by atoms with Crippen LogP contribution >= 0.6 is 0 Å². The second-order valence-corrected chi connectivity index (χ2v) is 37.2. The van der Waals surface area contributed by atoms with Crippen molar-refractivity contribution >= 4 is 0 Å². The molecule has 0 nitrogen and oxygen atoms in total. The van der Waals surface area contributed by atoms with Gasteiger partial charge in [-0.1, -0.05) is 409 Å². The molecule has 5 atom stereocenters. The van der Waals surface area contributed by atoms with E-state index in [2.05, 4.69) is 242 Å². The van der Waals surface area contributed by atoms with Gasteiger partial charge in [0.15, 0.2) is 0 Å². The highest BCUT2D eigenvalue weighted by Gasteiger charge is 2.59. The SMILES string of the molecule is CC(C)CC(C)C.CC1(C)CCC1.CC1CC(C)C1.CC1CC1(C)C.CC1CCCC1.CC1CC[C@H]1C.CCC1CCC1.CCCC(C)(C)C.CCCC(C)C.CCCCC(C)C.CCCCC(C)C.CCCCCCC.CC[C@H](C)C(C)C.C[C@H]1CC12CC2. The molecule has 0 aliphatic heterocycles. The smallest absolute Gasteiger partial charge is 0.0268 e. The maximum atomic E-state index is 2.37. The molecule has 8 rings (SSSR count). The van der Waals surface area contributed by atoms with Gasteiger partial charge in [0.2, 0.25) is 0 Å². The Kier molecular flexibility index (Phi) is 70.2. The molecule has 0 heteroatoms. The summed E-state index contributed by atoms with van der Waals surface area (Å²) in [6.45, 7) is 79.9. The first-order chi connectivity index (χ1) is 41.7. The Morgan fingerprint density at radius 2 is 0.756 bits per heavy atom. The molecule has 8 aliphatic carbocycles. The van der Waals surface area contributed by atoms with Gasteiger partial charge >= 0.3 is 0 Å². The van der Waals surface area contributed by atoms with Crippen LogP contribution in [0.5, 0.6) is 0 Å². The third-order valence-electron chi connectivity index (χ3n) is 21.4. The van der Waals surface area contributed by atoms with Crippen molar-refractivity contribution in [2.75, 3.05) is 0 Å². The normalized spacial score (nSPS) is 22.9. The fourth-order valence-corrected chi connectivity index (χ4v) is 11.8. The van der Waals surface area contributed by atoms with E-state index in [0.717, 1.165) is 99.6 Å². The molecule has 1 spiro atoms. The quantitative estimate of drug-likeness (QED) is 0.120. The maximum Gasteiger partial charge on any atom is -0.0268 e. The molecule has 8 fully saturated rings. The van der Waals surface area contributed by atoms with E-state index in [0.29, 0.717) is 10.8 Å². The lowest BCUT2D eigenvalue weighted by atomic mass is 9.72. The molecule has 0 amide bonds. The molecule has 0 aromatic heterocycles. The maximum absolute atomic E-state index is 2.37. The minimum absolute atomic E-state index is 0.550. The van der Waals surface area contributed by atoms with Crippen LogP contribution in [0.4, 0.5) is 0 Å². The van der Waals surface area contributed by atoms with Crippen molar-refractivity contribution in [3.05, 3.63) is 0 Å². The predicted octanol–water partition coefficient (Wildman–Crippen LogP) is 33.8. The van der Waals surface area contributed by atoms with Crippen LogP contribution in [0, 0.1) is 110 Å². The zero-order chi connectivity index (χ0) is 71.1. The summed E-state index contributed by atoms with van der Waals surface area (Å²) in [7, 11) is 0. The summed E-state index contributed by atoms with van der Waals surface area (Å²) >= 11 is 0. The lowest BCUT2D eigenvalue weighted by Crippen LogP contribution is -2.20. The van der Waals surface area contributed by atoms with E-state index in [9.17, 15) is 0 Å². The number of unbranched alkanes of at least 4 members (excludes halogenated alkanes) is 6. The topological polar surface area (TPSA) is 0 Å². The van der Waals surface area contributed by atoms with Gasteiger partial charge in [0, 0.05) is 0 Å². The molecule has 0 heterocycles. The monoisotopic (exact) mass is 1270 g/mol. The molecule has 0 aromatic rings. The molecule has 0 saturated heterocycles. The Balaban J connectivity index is -0.000000211. The van der Waals surface area contributed by atoms with Gasteiger partial charge in [0.25, 0.3) is 0 Å². The molecule has 8 aliphatic rings. The summed E-state index contributed by atoms with van der Waals surface area (Å²) in [6, 6.07) is 0. The van der Waals surface area contributed by atoms with Gasteiger partial charge in [-0.2, -0.15) is 0 Å². The number of rotatable bonds is 18. The number of hydrogen-bond donors (Lipinski definition) is 0. The van der Waals surface area contributed by atoms with E-state index in [1.165, 1.54) is 212 Å². The lowest BCUT2D eigenvalue weighted by Gasteiger charge is -2.33. The first-order valence-electron chi connectivity index (χ1n) is 41.7. The Labute approximate surface area is 580 Å². The Morgan fingerprint density at radius 3 is 0.800 bits per heavy atom. The summed E-state index contributed by atoms with van der Waals surface area (Å²) in [6.07, 6.45) is 51.6. The molecule has 552 valence electrons. The summed E-state index contributed by atoms with van der Waals surface area (Å²) < 4.78 is 0. The van der Waals surface area contributed by atoms with Gasteiger partial charge in [0.1, 0.15) is 0 Å². The van der Waals surface area contributed by atoms with Crippen LogP contribution in [-0.2, 0) is 0 Å². The highest BCUT2D eigenvalue weighted by atomic mass is 14.6. The third kappa shape index (κ3) is 78.7. The molecule has 90 heavy (non-hydrogen) atoms. The second kappa shape index (κ2) is 62.5. The molecule has 8 saturated carbocycles. The highest BCUT2D eigenvalue weighted by Crippen LogP contribution is 2.70. The minimum Gasteiger partial charge on any atom is -0.0654 e. The van der Waals surface area contributed by atoms with Crippen molar-refractivity contribution in [3.63, 3.8) is 0 Å². The highest BCUT2D eigenvalue weighted by molar-refractivity contribution is 5.10. The molecule has 0 aromatic carbocycles. The average molecular weight is 1270 g/mol. The van der Waals surface area contributed by atoms with Crippen molar-refractivity contribution in [1.29, 1.82) is 0 Å². The Morgan fingerprint density at radius 1 is 0.389 bits per heavy atom. The molecule has 0 bridgehead atoms. The first-order valence-corrected chi connectivity index (χ1v) is 41.7. The van der Waals surface area contributed by atoms with Crippen LogP contribution in [-0.4, -0.2) is 0 Å². The van der Waals surface area contributed by atoms with Gasteiger partial charge in [-0.25, -0.2) is 0 Å². The van der Waals surface area contributed by atoms with E-state index in [4.69, 9.17) is 0 Å². The van der Waals surface area contributed by atoms with Crippen molar-refractivity contribution in [1.82, 2.24) is 0 Å². The van der Waals surface area contributed by atoms with Gasteiger partial charge in [-0.3, -0.25) is 0 Å². The van der Waals surface area contributed by atoms with E-state index < -0.39 is 0 Å². The fraction of sp³-hybridized carbons (Fsp3) is 1.00. The molecule has 0 radical (unpaired) electrons. The van der Waals surface area contributed by atoms with Gasteiger partial charge in [-0.05, 0) is 175 Å². The van der Waals surface area contributed by atoms with E-state index in [-0.39, 0.29) is 0 Å². The van der Waals surface area contributed by atoms with Crippen LogP contribution in [0.2, 0.25) is 0 Å². The van der Waals surface area contributed by atoms with E-state index in [1.54, 1.807) is 19.3 Å². The van der Waals surface area contributed by atoms with Gasteiger partial charge in [-0.15, -0.1) is 0 Å². The van der Waals surface area contributed by atoms with Gasteiger partial charge < -0.3 is 0 Å². The zero-order valence-electron chi connectivity index (χ0n) is 71.1. The largest absolute Gasteiger partial charge is 0.0654 e. The minimum atomic E-state index is 0.550. The zero-order valence-corrected chi connectivity index (χ0v) is 71.1.